The lowest BCUT2D eigenvalue weighted by molar-refractivity contribution is 0.909. The number of thiophene rings is 1. The number of halogens is 1. The van der Waals surface area contributed by atoms with Crippen LogP contribution in [0.2, 0.25) is 4.34 Å². The predicted molar refractivity (Wildman–Crippen MR) is 87.5 cm³/mol. The van der Waals surface area contributed by atoms with Gasteiger partial charge in [-0.25, -0.2) is 0 Å². The molecule has 5 heteroatoms. The Morgan fingerprint density at radius 3 is 2.85 bits per heavy atom. The first-order valence-electron chi connectivity index (χ1n) is 6.29. The summed E-state index contributed by atoms with van der Waals surface area (Å²) in [5.41, 5.74) is 7.92. The lowest BCUT2D eigenvalue weighted by Crippen LogP contribution is -2.07. The third kappa shape index (κ3) is 2.44. The number of nitrogens with one attached hydrogen (secondary N) is 1. The molecule has 0 bridgehead atoms. The number of nitrogens with zero attached hydrogens (tertiary/aromatic N) is 1. The van der Waals surface area contributed by atoms with E-state index in [-0.39, 0.29) is 6.04 Å². The zero-order chi connectivity index (χ0) is 14.1. The average molecular weight is 304 g/mol. The monoisotopic (exact) mass is 303 g/mol. The van der Waals surface area contributed by atoms with Gasteiger partial charge in [-0.15, -0.1) is 11.3 Å². The molecule has 0 saturated carbocycles. The van der Waals surface area contributed by atoms with Crippen molar-refractivity contribution in [3.05, 3.63) is 51.9 Å². The second kappa shape index (κ2) is 5.31. The first-order valence-corrected chi connectivity index (χ1v) is 7.48. The van der Waals surface area contributed by atoms with E-state index in [1.165, 1.54) is 4.88 Å². The number of anilines is 2. The third-order valence-electron chi connectivity index (χ3n) is 3.25. The maximum Gasteiger partial charge on any atom is 0.0932 e. The van der Waals surface area contributed by atoms with Crippen molar-refractivity contribution in [1.82, 2.24) is 4.98 Å². The summed E-state index contributed by atoms with van der Waals surface area (Å²) in [6, 6.07) is 10.1. The highest BCUT2D eigenvalue weighted by Gasteiger charge is 2.11. The Morgan fingerprint density at radius 2 is 2.10 bits per heavy atom. The molecule has 3 rings (SSSR count). The van der Waals surface area contributed by atoms with Crippen LogP contribution in [0.25, 0.3) is 10.8 Å². The number of nitrogen functional groups attached to an aromatic ring is 1. The van der Waals surface area contributed by atoms with Gasteiger partial charge in [-0.3, -0.25) is 4.98 Å². The van der Waals surface area contributed by atoms with E-state index in [0.29, 0.717) is 0 Å². The topological polar surface area (TPSA) is 50.9 Å². The standard InChI is InChI=1S/C15H14ClN3S/c1-9(13-4-5-14(16)20-13)19-12-3-2-10-8-18-7-6-11(10)15(12)17/h2-9,19H,17H2,1H3. The number of hydrogen-bond acceptors (Lipinski definition) is 4. The fourth-order valence-corrected chi connectivity index (χ4v) is 3.25. The molecule has 1 aromatic carbocycles. The minimum atomic E-state index is 0.161. The highest BCUT2D eigenvalue weighted by atomic mass is 35.5. The van der Waals surface area contributed by atoms with Crippen LogP contribution >= 0.6 is 22.9 Å². The number of nitrogens with two attached hydrogens (primary N) is 1. The molecule has 102 valence electrons. The molecule has 0 aliphatic rings. The average Bonchev–Trinajstić information content (AvgIpc) is 2.89. The zero-order valence-electron chi connectivity index (χ0n) is 10.9. The Bertz CT molecular complexity index is 754. The van der Waals surface area contributed by atoms with Gasteiger partial charge in [0.15, 0.2) is 0 Å². The summed E-state index contributed by atoms with van der Waals surface area (Å²) in [5.74, 6) is 0. The van der Waals surface area contributed by atoms with Crippen LogP contribution in [0.3, 0.4) is 0 Å². The van der Waals surface area contributed by atoms with Crippen molar-refractivity contribution in [2.24, 2.45) is 0 Å². The number of pyridine rings is 1. The number of fused-ring (bicyclic) bond motifs is 1. The van der Waals surface area contributed by atoms with Gasteiger partial charge in [-0.1, -0.05) is 17.7 Å². The van der Waals surface area contributed by atoms with Crippen LogP contribution in [0.4, 0.5) is 11.4 Å². The van der Waals surface area contributed by atoms with Crippen LogP contribution in [-0.2, 0) is 0 Å². The van der Waals surface area contributed by atoms with Gasteiger partial charge in [-0.05, 0) is 31.2 Å². The summed E-state index contributed by atoms with van der Waals surface area (Å²) in [6.45, 7) is 2.10. The molecular formula is C15H14ClN3S. The fraction of sp³-hybridized carbons (Fsp3) is 0.133. The van der Waals surface area contributed by atoms with Crippen molar-refractivity contribution in [2.45, 2.75) is 13.0 Å². The summed E-state index contributed by atoms with van der Waals surface area (Å²) < 4.78 is 0.797. The van der Waals surface area contributed by atoms with Crippen LogP contribution in [0.1, 0.15) is 17.8 Å². The second-order valence-electron chi connectivity index (χ2n) is 4.63. The van der Waals surface area contributed by atoms with E-state index >= 15 is 0 Å². The number of benzene rings is 1. The number of hydrogen-bond donors (Lipinski definition) is 2. The molecule has 1 atom stereocenters. The van der Waals surface area contributed by atoms with Crippen LogP contribution in [0.15, 0.2) is 42.7 Å². The SMILES string of the molecule is CC(Nc1ccc2cnccc2c1N)c1ccc(Cl)s1. The van der Waals surface area contributed by atoms with Gasteiger partial charge in [0.2, 0.25) is 0 Å². The summed E-state index contributed by atoms with van der Waals surface area (Å²) in [7, 11) is 0. The molecule has 20 heavy (non-hydrogen) atoms. The number of aromatic nitrogens is 1. The minimum absolute atomic E-state index is 0.161. The Morgan fingerprint density at radius 1 is 1.25 bits per heavy atom. The third-order valence-corrected chi connectivity index (χ3v) is 4.67. The van der Waals surface area contributed by atoms with Crippen molar-refractivity contribution in [2.75, 3.05) is 11.1 Å². The molecule has 0 fully saturated rings. The van der Waals surface area contributed by atoms with E-state index < -0.39 is 0 Å². The lowest BCUT2D eigenvalue weighted by atomic mass is 10.1. The van der Waals surface area contributed by atoms with Crippen molar-refractivity contribution >= 4 is 45.1 Å². The molecule has 0 radical (unpaired) electrons. The first-order chi connectivity index (χ1) is 9.65. The maximum absolute atomic E-state index is 6.24. The van der Waals surface area contributed by atoms with E-state index in [1.807, 2.05) is 36.5 Å². The van der Waals surface area contributed by atoms with Crippen LogP contribution in [0, 0.1) is 0 Å². The minimum Gasteiger partial charge on any atom is -0.397 e. The van der Waals surface area contributed by atoms with Crippen molar-refractivity contribution < 1.29 is 0 Å². The van der Waals surface area contributed by atoms with Crippen molar-refractivity contribution in [1.29, 1.82) is 0 Å². The first kappa shape index (κ1) is 13.2. The molecule has 3 N–H and O–H groups in total. The van der Waals surface area contributed by atoms with E-state index in [4.69, 9.17) is 17.3 Å². The highest BCUT2D eigenvalue weighted by Crippen LogP contribution is 2.33. The Labute approximate surface area is 126 Å². The molecule has 0 saturated heterocycles. The molecule has 1 unspecified atom stereocenters. The molecule has 0 spiro atoms. The second-order valence-corrected chi connectivity index (χ2v) is 6.38. The highest BCUT2D eigenvalue weighted by molar-refractivity contribution is 7.16. The van der Waals surface area contributed by atoms with E-state index in [0.717, 1.165) is 26.5 Å². The van der Waals surface area contributed by atoms with Crippen LogP contribution in [-0.4, -0.2) is 4.98 Å². The molecule has 2 heterocycles. The van der Waals surface area contributed by atoms with E-state index in [9.17, 15) is 0 Å². The number of rotatable bonds is 3. The van der Waals surface area contributed by atoms with Gasteiger partial charge >= 0.3 is 0 Å². The molecular weight excluding hydrogens is 290 g/mol. The molecule has 3 aromatic rings. The smallest absolute Gasteiger partial charge is 0.0932 e. The predicted octanol–water partition coefficient (Wildman–Crippen LogP) is 4.71. The normalized spacial score (nSPS) is 12.5. The van der Waals surface area contributed by atoms with Gasteiger partial charge in [0.05, 0.1) is 21.8 Å². The van der Waals surface area contributed by atoms with Gasteiger partial charge < -0.3 is 11.1 Å². The summed E-state index contributed by atoms with van der Waals surface area (Å²) in [5, 5.41) is 5.50. The molecule has 0 aliphatic carbocycles. The zero-order valence-corrected chi connectivity index (χ0v) is 12.5. The van der Waals surface area contributed by atoms with Crippen molar-refractivity contribution in [3.63, 3.8) is 0 Å². The van der Waals surface area contributed by atoms with E-state index in [2.05, 4.69) is 17.2 Å². The maximum atomic E-state index is 6.24. The Hall–Kier alpha value is -1.78. The molecule has 2 aromatic heterocycles. The lowest BCUT2D eigenvalue weighted by Gasteiger charge is -2.16. The molecule has 0 aliphatic heterocycles. The summed E-state index contributed by atoms with van der Waals surface area (Å²) in [4.78, 5) is 5.29. The van der Waals surface area contributed by atoms with Crippen LogP contribution < -0.4 is 11.1 Å². The fourth-order valence-electron chi connectivity index (χ4n) is 2.18. The summed E-state index contributed by atoms with van der Waals surface area (Å²) >= 11 is 7.55. The van der Waals surface area contributed by atoms with Crippen molar-refractivity contribution in [3.8, 4) is 0 Å². The summed E-state index contributed by atoms with van der Waals surface area (Å²) in [6.07, 6.45) is 3.57. The largest absolute Gasteiger partial charge is 0.397 e. The quantitative estimate of drug-likeness (QED) is 0.689. The van der Waals surface area contributed by atoms with Gasteiger partial charge in [0, 0.05) is 28.0 Å². The van der Waals surface area contributed by atoms with Gasteiger partial charge in [0.25, 0.3) is 0 Å². The Balaban J connectivity index is 1.93. The molecule has 0 amide bonds. The van der Waals surface area contributed by atoms with Gasteiger partial charge in [0.1, 0.15) is 0 Å². The molecule has 3 nitrogen and oxygen atoms in total. The van der Waals surface area contributed by atoms with Crippen LogP contribution in [0.5, 0.6) is 0 Å². The Kier molecular flexibility index (Phi) is 3.51. The van der Waals surface area contributed by atoms with Gasteiger partial charge in [-0.2, -0.15) is 0 Å². The van der Waals surface area contributed by atoms with E-state index in [1.54, 1.807) is 17.5 Å².